The zero-order valence-corrected chi connectivity index (χ0v) is 10.4. The maximum atomic E-state index is 7.27. The van der Waals surface area contributed by atoms with E-state index in [9.17, 15) is 0 Å². The van der Waals surface area contributed by atoms with Crippen LogP contribution in [0.1, 0.15) is 13.3 Å². The molecule has 0 saturated heterocycles. The van der Waals surface area contributed by atoms with Crippen LogP contribution in [0, 0.1) is 5.41 Å². The van der Waals surface area contributed by atoms with Gasteiger partial charge < -0.3 is 10.6 Å². The minimum atomic E-state index is 0.189. The smallest absolute Gasteiger partial charge is 0.225 e. The third-order valence-electron chi connectivity index (χ3n) is 2.79. The Labute approximate surface area is 106 Å². The fraction of sp³-hybridized carbons (Fsp3) is 0.308. The molecule has 0 saturated carbocycles. The zero-order chi connectivity index (χ0) is 13.0. The number of nitrogens with two attached hydrogens (primary N) is 1. The van der Waals surface area contributed by atoms with Gasteiger partial charge in [0.15, 0.2) is 0 Å². The summed E-state index contributed by atoms with van der Waals surface area (Å²) >= 11 is 0. The lowest BCUT2D eigenvalue weighted by Crippen LogP contribution is -2.29. The third-order valence-corrected chi connectivity index (χ3v) is 2.79. The second-order valence-corrected chi connectivity index (χ2v) is 4.08. The summed E-state index contributed by atoms with van der Waals surface area (Å²) in [4.78, 5) is 10.9. The van der Waals surface area contributed by atoms with Crippen LogP contribution in [-0.2, 0) is 0 Å². The first-order chi connectivity index (χ1) is 8.70. The molecule has 2 rings (SSSR count). The highest BCUT2D eigenvalue weighted by molar-refractivity contribution is 5.79. The first-order valence-corrected chi connectivity index (χ1v) is 6.00. The quantitative estimate of drug-likeness (QED) is 0.619. The Bertz CT molecular complexity index is 552. The van der Waals surface area contributed by atoms with Crippen LogP contribution in [0.3, 0.4) is 0 Å². The summed E-state index contributed by atoms with van der Waals surface area (Å²) in [5, 5.41) is 8.30. The number of hydrogen-bond donors (Lipinski definition) is 2. The van der Waals surface area contributed by atoms with Gasteiger partial charge >= 0.3 is 0 Å². The van der Waals surface area contributed by atoms with E-state index in [-0.39, 0.29) is 5.84 Å². The number of aromatic nitrogens is 2. The molecule has 1 aromatic heterocycles. The second-order valence-electron chi connectivity index (χ2n) is 4.08. The Morgan fingerprint density at radius 3 is 2.89 bits per heavy atom. The third kappa shape index (κ3) is 2.74. The van der Waals surface area contributed by atoms with Gasteiger partial charge in [0, 0.05) is 31.1 Å². The van der Waals surface area contributed by atoms with Crippen molar-refractivity contribution in [3.63, 3.8) is 0 Å². The van der Waals surface area contributed by atoms with Crippen LogP contribution in [0.15, 0.2) is 30.5 Å². The molecule has 0 radical (unpaired) electrons. The van der Waals surface area contributed by atoms with Crippen molar-refractivity contribution in [1.29, 1.82) is 5.41 Å². The van der Waals surface area contributed by atoms with Crippen molar-refractivity contribution in [2.45, 2.75) is 13.3 Å². The maximum absolute atomic E-state index is 7.27. The van der Waals surface area contributed by atoms with Gasteiger partial charge in [-0.3, -0.25) is 5.41 Å². The lowest BCUT2D eigenvalue weighted by Gasteiger charge is -2.20. The fourth-order valence-electron chi connectivity index (χ4n) is 1.77. The Hall–Kier alpha value is -2.17. The molecule has 1 heterocycles. The number of para-hydroxylation sites is 1. The largest absolute Gasteiger partial charge is 0.388 e. The first-order valence-electron chi connectivity index (χ1n) is 6.00. The van der Waals surface area contributed by atoms with Crippen LogP contribution in [-0.4, -0.2) is 28.9 Å². The van der Waals surface area contributed by atoms with Crippen LogP contribution in [0.2, 0.25) is 0 Å². The molecule has 0 fully saturated rings. The van der Waals surface area contributed by atoms with Gasteiger partial charge in [-0.1, -0.05) is 18.2 Å². The molecular weight excluding hydrogens is 226 g/mol. The van der Waals surface area contributed by atoms with Crippen LogP contribution in [0.4, 0.5) is 5.95 Å². The summed E-state index contributed by atoms with van der Waals surface area (Å²) < 4.78 is 0. The molecule has 18 heavy (non-hydrogen) atoms. The van der Waals surface area contributed by atoms with Crippen LogP contribution in [0.5, 0.6) is 0 Å². The summed E-state index contributed by atoms with van der Waals surface area (Å²) in [5.41, 5.74) is 6.31. The van der Waals surface area contributed by atoms with Gasteiger partial charge in [0.25, 0.3) is 0 Å². The summed E-state index contributed by atoms with van der Waals surface area (Å²) in [6.07, 6.45) is 2.36. The predicted octanol–water partition coefficient (Wildman–Crippen LogP) is 1.78. The van der Waals surface area contributed by atoms with E-state index in [4.69, 9.17) is 11.1 Å². The van der Waals surface area contributed by atoms with Gasteiger partial charge in [-0.05, 0) is 13.0 Å². The molecule has 1 aromatic carbocycles. The lowest BCUT2D eigenvalue weighted by atomic mass is 10.2. The van der Waals surface area contributed by atoms with Crippen molar-refractivity contribution in [1.82, 2.24) is 9.97 Å². The second kappa shape index (κ2) is 5.44. The number of benzene rings is 1. The van der Waals surface area contributed by atoms with Gasteiger partial charge in [-0.25, -0.2) is 9.97 Å². The van der Waals surface area contributed by atoms with E-state index in [2.05, 4.69) is 9.97 Å². The molecule has 94 valence electrons. The van der Waals surface area contributed by atoms with Crippen molar-refractivity contribution in [3.05, 3.63) is 30.5 Å². The van der Waals surface area contributed by atoms with Crippen molar-refractivity contribution >= 4 is 22.7 Å². The van der Waals surface area contributed by atoms with E-state index in [0.717, 1.165) is 17.4 Å². The highest BCUT2D eigenvalue weighted by Crippen LogP contribution is 2.14. The number of rotatable bonds is 5. The molecule has 0 aliphatic rings. The van der Waals surface area contributed by atoms with Crippen LogP contribution in [0.25, 0.3) is 10.9 Å². The molecule has 0 atom stereocenters. The molecule has 5 heteroatoms. The molecule has 0 unspecified atom stereocenters. The van der Waals surface area contributed by atoms with E-state index in [1.165, 1.54) is 0 Å². The molecule has 3 N–H and O–H groups in total. The van der Waals surface area contributed by atoms with Crippen molar-refractivity contribution in [2.75, 3.05) is 18.0 Å². The zero-order valence-electron chi connectivity index (χ0n) is 10.4. The highest BCUT2D eigenvalue weighted by Gasteiger charge is 2.08. The number of fused-ring (bicyclic) bond motifs is 1. The average Bonchev–Trinajstić information content (AvgIpc) is 2.39. The number of nitrogens with zero attached hydrogens (tertiary/aromatic N) is 3. The lowest BCUT2D eigenvalue weighted by molar-refractivity contribution is 0.798. The number of amidine groups is 1. The topological polar surface area (TPSA) is 78.9 Å². The minimum absolute atomic E-state index is 0.189. The van der Waals surface area contributed by atoms with E-state index in [1.807, 2.05) is 42.3 Å². The summed E-state index contributed by atoms with van der Waals surface area (Å²) in [7, 11) is 0. The Balaban J connectivity index is 2.24. The SMILES string of the molecule is CCN(CCC(=N)N)c1ncc2ccccc2n1. The van der Waals surface area contributed by atoms with Crippen LogP contribution < -0.4 is 10.6 Å². The van der Waals surface area contributed by atoms with Gasteiger partial charge in [0.1, 0.15) is 0 Å². The molecule has 0 aliphatic carbocycles. The van der Waals surface area contributed by atoms with E-state index < -0.39 is 0 Å². The number of anilines is 1. The summed E-state index contributed by atoms with van der Waals surface area (Å²) in [6, 6.07) is 7.90. The summed E-state index contributed by atoms with van der Waals surface area (Å²) in [5.74, 6) is 0.881. The average molecular weight is 243 g/mol. The Morgan fingerprint density at radius 1 is 1.39 bits per heavy atom. The van der Waals surface area contributed by atoms with Crippen LogP contribution >= 0.6 is 0 Å². The number of hydrogen-bond acceptors (Lipinski definition) is 4. The summed E-state index contributed by atoms with van der Waals surface area (Å²) in [6.45, 7) is 3.51. The molecule has 2 aromatic rings. The predicted molar refractivity (Wildman–Crippen MR) is 74.0 cm³/mol. The highest BCUT2D eigenvalue weighted by atomic mass is 15.2. The van der Waals surface area contributed by atoms with E-state index in [0.29, 0.717) is 18.9 Å². The molecule has 0 aliphatic heterocycles. The normalized spacial score (nSPS) is 10.5. The van der Waals surface area contributed by atoms with Gasteiger partial charge in [0.05, 0.1) is 11.4 Å². The molecule has 0 amide bonds. The monoisotopic (exact) mass is 243 g/mol. The fourth-order valence-corrected chi connectivity index (χ4v) is 1.77. The first kappa shape index (κ1) is 12.3. The molecular formula is C13H17N5. The minimum Gasteiger partial charge on any atom is -0.388 e. The van der Waals surface area contributed by atoms with Crippen molar-refractivity contribution < 1.29 is 0 Å². The standard InChI is InChI=1S/C13H17N5/c1-2-18(8-7-12(14)15)13-16-9-10-5-3-4-6-11(10)17-13/h3-6,9H,2,7-8H2,1H3,(H3,14,15). The van der Waals surface area contributed by atoms with Gasteiger partial charge in [-0.15, -0.1) is 0 Å². The maximum Gasteiger partial charge on any atom is 0.225 e. The molecule has 0 bridgehead atoms. The van der Waals surface area contributed by atoms with Crippen molar-refractivity contribution in [3.8, 4) is 0 Å². The molecule has 0 spiro atoms. The van der Waals surface area contributed by atoms with Crippen molar-refractivity contribution in [2.24, 2.45) is 5.73 Å². The van der Waals surface area contributed by atoms with Gasteiger partial charge in [-0.2, -0.15) is 0 Å². The van der Waals surface area contributed by atoms with Gasteiger partial charge in [0.2, 0.25) is 5.95 Å². The van der Waals surface area contributed by atoms with E-state index >= 15 is 0 Å². The Morgan fingerprint density at radius 2 is 2.17 bits per heavy atom. The number of nitrogens with one attached hydrogen (secondary N) is 1. The van der Waals surface area contributed by atoms with E-state index in [1.54, 1.807) is 0 Å². The molecule has 5 nitrogen and oxygen atoms in total. The Kier molecular flexibility index (Phi) is 3.72.